The summed E-state index contributed by atoms with van der Waals surface area (Å²) in [6.45, 7) is 8.12. The van der Waals surface area contributed by atoms with E-state index >= 15 is 0 Å². The van der Waals surface area contributed by atoms with Gasteiger partial charge in [0.25, 0.3) is 0 Å². The zero-order valence-electron chi connectivity index (χ0n) is 18.1. The number of carbonyl (C=O) groups excluding carboxylic acids is 1. The lowest BCUT2D eigenvalue weighted by molar-refractivity contribution is -0.128. The molecule has 0 aromatic rings. The lowest BCUT2D eigenvalue weighted by atomic mass is 9.95. The van der Waals surface area contributed by atoms with Crippen LogP contribution in [0.5, 0.6) is 0 Å². The highest BCUT2D eigenvalue weighted by Crippen LogP contribution is 2.24. The third-order valence-electron chi connectivity index (χ3n) is 7.64. The summed E-state index contributed by atoms with van der Waals surface area (Å²) in [4.78, 5) is 18.4. The van der Waals surface area contributed by atoms with E-state index in [0.717, 1.165) is 65.3 Å². The molecule has 11 heteroatoms. The van der Waals surface area contributed by atoms with Crippen LogP contribution in [0.3, 0.4) is 0 Å². The van der Waals surface area contributed by atoms with Crippen LogP contribution in [0.1, 0.15) is 12.8 Å². The number of piperazine rings is 1. The second-order valence-electron chi connectivity index (χ2n) is 9.55. The minimum absolute atomic E-state index is 0.0429. The molecule has 1 amide bonds. The molecule has 31 heavy (non-hydrogen) atoms. The topological polar surface area (TPSA) is 110 Å². The number of fused-ring (bicyclic) bond motifs is 1. The fourth-order valence-corrected chi connectivity index (χ4v) is 5.93. The Morgan fingerprint density at radius 1 is 1.13 bits per heavy atom. The number of alkyl halides is 1. The van der Waals surface area contributed by atoms with E-state index in [1.807, 2.05) is 0 Å². The first-order valence-corrected chi connectivity index (χ1v) is 11.8. The summed E-state index contributed by atoms with van der Waals surface area (Å²) in [5.74, 6) is -0.507. The average molecular weight is 441 g/mol. The first kappa shape index (κ1) is 21.9. The van der Waals surface area contributed by atoms with Crippen molar-refractivity contribution in [3.63, 3.8) is 0 Å². The molecule has 6 N–H and O–H groups in total. The maximum atomic E-state index is 13.7. The summed E-state index contributed by atoms with van der Waals surface area (Å²) in [6, 6.07) is 0.932. The van der Waals surface area contributed by atoms with Crippen molar-refractivity contribution in [2.75, 3.05) is 65.6 Å². The van der Waals surface area contributed by atoms with Gasteiger partial charge in [0, 0.05) is 64.5 Å². The number of nitrogens with two attached hydrogens (primary N) is 1. The van der Waals surface area contributed by atoms with Gasteiger partial charge in [-0.05, 0) is 19.4 Å². The highest BCUT2D eigenvalue weighted by atomic mass is 19.1. The van der Waals surface area contributed by atoms with E-state index in [1.165, 1.54) is 0 Å². The molecule has 5 fully saturated rings. The number of hydrazine groups is 1. The van der Waals surface area contributed by atoms with Crippen molar-refractivity contribution in [1.82, 2.24) is 36.2 Å². The van der Waals surface area contributed by atoms with E-state index < -0.39 is 18.3 Å². The Bertz CT molecular complexity index is 630. The maximum absolute atomic E-state index is 13.7. The van der Waals surface area contributed by atoms with E-state index in [-0.39, 0.29) is 31.2 Å². The van der Waals surface area contributed by atoms with Gasteiger partial charge in [0.1, 0.15) is 6.17 Å². The van der Waals surface area contributed by atoms with Gasteiger partial charge in [-0.25, -0.2) is 14.8 Å². The molecule has 0 saturated carbocycles. The molecule has 5 aliphatic rings. The van der Waals surface area contributed by atoms with Crippen LogP contribution in [0.2, 0.25) is 0 Å². The van der Waals surface area contributed by atoms with Gasteiger partial charge in [-0.1, -0.05) is 0 Å². The standard InChI is InChI=1S/C20H37FN8O2/c21-13-9-24-19-17(18(22)26-29(19)11-13)20(30)25-15-10-23-3-1-16(15)28-6-4-27(5-7-28)14-2-8-31-12-14/h13-19,23-24,26H,1-12,22H2,(H,25,30)/t13?,14-,15?,16?,17?,18?,19?/m1/s1. The Kier molecular flexibility index (Phi) is 6.72. The van der Waals surface area contributed by atoms with E-state index in [4.69, 9.17) is 10.5 Å². The van der Waals surface area contributed by atoms with Crippen LogP contribution in [0.25, 0.3) is 0 Å². The van der Waals surface area contributed by atoms with Gasteiger partial charge < -0.3 is 21.1 Å². The summed E-state index contributed by atoms with van der Waals surface area (Å²) in [7, 11) is 0. The van der Waals surface area contributed by atoms with E-state index in [2.05, 4.69) is 31.2 Å². The van der Waals surface area contributed by atoms with Crippen molar-refractivity contribution in [2.24, 2.45) is 11.7 Å². The lowest BCUT2D eigenvalue weighted by Crippen LogP contribution is -2.65. The molecular formula is C20H37FN8O2. The number of halogens is 1. The first-order chi connectivity index (χ1) is 15.1. The number of rotatable bonds is 4. The Morgan fingerprint density at radius 3 is 2.71 bits per heavy atom. The van der Waals surface area contributed by atoms with Gasteiger partial charge in [-0.15, -0.1) is 0 Å². The predicted molar refractivity (Wildman–Crippen MR) is 114 cm³/mol. The molecule has 0 radical (unpaired) electrons. The highest BCUT2D eigenvalue weighted by molar-refractivity contribution is 5.81. The van der Waals surface area contributed by atoms with Gasteiger partial charge in [0.05, 0.1) is 30.9 Å². The lowest BCUT2D eigenvalue weighted by Gasteiger charge is -2.45. The predicted octanol–water partition coefficient (Wildman–Crippen LogP) is -2.77. The number of nitrogens with zero attached hydrogens (tertiary/aromatic N) is 3. The molecule has 5 saturated heterocycles. The van der Waals surface area contributed by atoms with Gasteiger partial charge in [-0.2, -0.15) is 0 Å². The van der Waals surface area contributed by atoms with Gasteiger partial charge in [0.15, 0.2) is 0 Å². The quantitative estimate of drug-likeness (QED) is 0.317. The number of nitrogens with one attached hydrogen (secondary N) is 4. The number of ether oxygens (including phenoxy) is 1. The molecule has 0 aromatic carbocycles. The summed E-state index contributed by atoms with van der Waals surface area (Å²) in [5.41, 5.74) is 9.29. The highest BCUT2D eigenvalue weighted by Gasteiger charge is 2.48. The third-order valence-corrected chi connectivity index (χ3v) is 7.64. The Morgan fingerprint density at radius 2 is 1.94 bits per heavy atom. The second-order valence-corrected chi connectivity index (χ2v) is 9.55. The van der Waals surface area contributed by atoms with Gasteiger partial charge >= 0.3 is 0 Å². The van der Waals surface area contributed by atoms with Gasteiger partial charge in [0.2, 0.25) is 5.91 Å². The summed E-state index contributed by atoms with van der Waals surface area (Å²) >= 11 is 0. The van der Waals surface area contributed by atoms with Crippen molar-refractivity contribution < 1.29 is 13.9 Å². The maximum Gasteiger partial charge on any atom is 0.229 e. The zero-order valence-corrected chi connectivity index (χ0v) is 18.1. The molecule has 0 aromatic heterocycles. The second kappa shape index (κ2) is 9.52. The number of amides is 1. The molecule has 6 unspecified atom stereocenters. The van der Waals surface area contributed by atoms with Gasteiger partial charge in [-0.3, -0.25) is 19.9 Å². The summed E-state index contributed by atoms with van der Waals surface area (Å²) in [5, 5.41) is 11.6. The molecule has 0 spiro atoms. The molecule has 5 heterocycles. The van der Waals surface area contributed by atoms with Crippen LogP contribution in [0.15, 0.2) is 0 Å². The van der Waals surface area contributed by atoms with Crippen LogP contribution >= 0.6 is 0 Å². The van der Waals surface area contributed by atoms with Crippen molar-refractivity contribution in [3.05, 3.63) is 0 Å². The Balaban J connectivity index is 1.18. The smallest absolute Gasteiger partial charge is 0.229 e. The molecule has 176 valence electrons. The average Bonchev–Trinajstić information content (AvgIpc) is 3.41. The molecule has 10 nitrogen and oxygen atoms in total. The third kappa shape index (κ3) is 4.60. The summed E-state index contributed by atoms with van der Waals surface area (Å²) in [6.07, 6.45) is 0.407. The molecule has 5 rings (SSSR count). The van der Waals surface area contributed by atoms with E-state index in [9.17, 15) is 9.18 Å². The number of piperidine rings is 1. The minimum atomic E-state index is -0.959. The molecule has 0 aliphatic carbocycles. The molecule has 0 bridgehead atoms. The fourth-order valence-electron chi connectivity index (χ4n) is 5.93. The normalized spacial score (nSPS) is 43.1. The van der Waals surface area contributed by atoms with Crippen LogP contribution in [-0.2, 0) is 9.53 Å². The monoisotopic (exact) mass is 440 g/mol. The van der Waals surface area contributed by atoms with Crippen LogP contribution in [0, 0.1) is 5.92 Å². The molecule has 5 aliphatic heterocycles. The van der Waals surface area contributed by atoms with Crippen LogP contribution in [-0.4, -0.2) is 123 Å². The fraction of sp³-hybridized carbons (Fsp3) is 0.950. The Hall–Kier alpha value is -0.920. The van der Waals surface area contributed by atoms with E-state index in [0.29, 0.717) is 12.1 Å². The van der Waals surface area contributed by atoms with Crippen molar-refractivity contribution in [3.8, 4) is 0 Å². The number of hydrogen-bond acceptors (Lipinski definition) is 9. The van der Waals surface area contributed by atoms with E-state index in [1.54, 1.807) is 5.01 Å². The van der Waals surface area contributed by atoms with Crippen LogP contribution in [0.4, 0.5) is 4.39 Å². The molecular weight excluding hydrogens is 403 g/mol. The molecule has 7 atom stereocenters. The zero-order chi connectivity index (χ0) is 21.4. The Labute approximate surface area is 183 Å². The number of carbonyl (C=O) groups is 1. The first-order valence-electron chi connectivity index (χ1n) is 11.8. The summed E-state index contributed by atoms with van der Waals surface area (Å²) < 4.78 is 19.3. The largest absolute Gasteiger partial charge is 0.380 e. The van der Waals surface area contributed by atoms with Crippen molar-refractivity contribution >= 4 is 5.91 Å². The van der Waals surface area contributed by atoms with Crippen LogP contribution < -0.4 is 27.1 Å². The van der Waals surface area contributed by atoms with Crippen molar-refractivity contribution in [2.45, 2.75) is 49.5 Å². The minimum Gasteiger partial charge on any atom is -0.380 e. The SMILES string of the molecule is NC1NN2CC(F)CNC2C1C(=O)NC1CNCCC1N1CCN([C@@H]2CCOC2)CC1. The number of hydrogen-bond donors (Lipinski definition) is 5. The van der Waals surface area contributed by atoms with Crippen molar-refractivity contribution in [1.29, 1.82) is 0 Å².